The second-order valence-electron chi connectivity index (χ2n) is 6.04. The summed E-state index contributed by atoms with van der Waals surface area (Å²) in [7, 11) is 1.90. The number of benzene rings is 1. The molecule has 1 aliphatic rings. The van der Waals surface area contributed by atoms with Gasteiger partial charge in [-0.25, -0.2) is 0 Å². The Bertz CT molecular complexity index is 603. The van der Waals surface area contributed by atoms with E-state index in [4.69, 9.17) is 4.52 Å². The van der Waals surface area contributed by atoms with E-state index in [0.717, 1.165) is 25.1 Å². The van der Waals surface area contributed by atoms with Crippen molar-refractivity contribution in [2.75, 3.05) is 7.05 Å². The lowest BCUT2D eigenvalue weighted by molar-refractivity contribution is 0.278. The Hall–Kier alpha value is -1.68. The van der Waals surface area contributed by atoms with Gasteiger partial charge in [0.15, 0.2) is 5.82 Å². The van der Waals surface area contributed by atoms with Crippen LogP contribution in [0.3, 0.4) is 0 Å². The third kappa shape index (κ3) is 2.36. The molecule has 20 heavy (non-hydrogen) atoms. The molecule has 0 saturated carbocycles. The molecule has 0 spiro atoms. The molecule has 1 N–H and O–H groups in total. The molecule has 0 aliphatic heterocycles. The monoisotopic (exact) mass is 271 g/mol. The molecule has 1 atom stereocenters. The lowest BCUT2D eigenvalue weighted by atomic mass is 9.83. The highest BCUT2D eigenvalue weighted by atomic mass is 16.5. The van der Waals surface area contributed by atoms with Crippen LogP contribution in [0.5, 0.6) is 0 Å². The minimum atomic E-state index is -0.280. The molecule has 0 bridgehead atoms. The molecule has 4 heteroatoms. The smallest absolute Gasteiger partial charge is 0.246 e. The van der Waals surface area contributed by atoms with Gasteiger partial charge in [0.2, 0.25) is 5.89 Å². The molecule has 2 aromatic rings. The number of rotatable bonds is 3. The predicted molar refractivity (Wildman–Crippen MR) is 77.6 cm³/mol. The number of aromatic nitrogens is 2. The van der Waals surface area contributed by atoms with Gasteiger partial charge in [0.1, 0.15) is 0 Å². The van der Waals surface area contributed by atoms with E-state index in [2.05, 4.69) is 39.7 Å². The lowest BCUT2D eigenvalue weighted by Crippen LogP contribution is -2.33. The van der Waals surface area contributed by atoms with Gasteiger partial charge in [-0.2, -0.15) is 4.98 Å². The highest BCUT2D eigenvalue weighted by Gasteiger charge is 2.29. The van der Waals surface area contributed by atoms with Crippen LogP contribution in [0.2, 0.25) is 0 Å². The summed E-state index contributed by atoms with van der Waals surface area (Å²) in [6.07, 6.45) is 3.20. The van der Waals surface area contributed by atoms with E-state index in [1.54, 1.807) is 0 Å². The van der Waals surface area contributed by atoms with Crippen LogP contribution in [0.4, 0.5) is 0 Å². The molecule has 1 aromatic heterocycles. The van der Waals surface area contributed by atoms with Gasteiger partial charge in [-0.1, -0.05) is 29.4 Å². The number of nitrogens with one attached hydrogen (secondary N) is 1. The summed E-state index contributed by atoms with van der Waals surface area (Å²) in [4.78, 5) is 4.61. The Morgan fingerprint density at radius 1 is 1.25 bits per heavy atom. The molecule has 0 radical (unpaired) electrons. The molecule has 3 rings (SSSR count). The van der Waals surface area contributed by atoms with Crippen LogP contribution in [0.1, 0.15) is 49.0 Å². The minimum Gasteiger partial charge on any atom is -0.337 e. The molecule has 1 aliphatic carbocycles. The van der Waals surface area contributed by atoms with E-state index in [-0.39, 0.29) is 5.54 Å². The van der Waals surface area contributed by atoms with Gasteiger partial charge in [-0.15, -0.1) is 0 Å². The maximum atomic E-state index is 5.44. The summed E-state index contributed by atoms with van der Waals surface area (Å²) in [6, 6.07) is 8.64. The Kier molecular flexibility index (Phi) is 3.34. The van der Waals surface area contributed by atoms with E-state index in [0.29, 0.717) is 11.8 Å². The van der Waals surface area contributed by atoms with Gasteiger partial charge < -0.3 is 9.84 Å². The Balaban J connectivity index is 1.82. The van der Waals surface area contributed by atoms with Crippen LogP contribution in [-0.2, 0) is 18.4 Å². The fourth-order valence-corrected chi connectivity index (χ4v) is 2.68. The van der Waals surface area contributed by atoms with Crippen LogP contribution in [0, 0.1) is 0 Å². The molecule has 1 unspecified atom stereocenters. The third-order valence-electron chi connectivity index (χ3n) is 4.31. The van der Waals surface area contributed by atoms with Crippen molar-refractivity contribution in [2.24, 2.45) is 0 Å². The molecule has 1 aromatic carbocycles. The van der Waals surface area contributed by atoms with Gasteiger partial charge in [-0.05, 0) is 51.3 Å². The first-order chi connectivity index (χ1) is 9.60. The second-order valence-corrected chi connectivity index (χ2v) is 6.04. The molecule has 0 fully saturated rings. The van der Waals surface area contributed by atoms with Gasteiger partial charge in [0.25, 0.3) is 0 Å². The Morgan fingerprint density at radius 3 is 2.75 bits per heavy atom. The summed E-state index contributed by atoms with van der Waals surface area (Å²) in [5, 5.41) is 7.39. The Labute approximate surface area is 119 Å². The van der Waals surface area contributed by atoms with Crippen LogP contribution >= 0.6 is 0 Å². The van der Waals surface area contributed by atoms with Crippen molar-refractivity contribution in [1.82, 2.24) is 15.5 Å². The molecule has 1 heterocycles. The van der Waals surface area contributed by atoms with Crippen molar-refractivity contribution in [1.29, 1.82) is 0 Å². The first-order valence-electron chi connectivity index (χ1n) is 7.20. The standard InChI is InChI=1S/C16H21N3O/c1-16(2,17-3)15-18-14(19-20-15)13-9-8-11-6-4-5-7-12(11)10-13/h4-7,13,17H,8-10H2,1-3H3. The largest absolute Gasteiger partial charge is 0.337 e. The molecule has 4 nitrogen and oxygen atoms in total. The maximum Gasteiger partial charge on any atom is 0.246 e. The molecule has 106 valence electrons. The van der Waals surface area contributed by atoms with Crippen molar-refractivity contribution in [3.05, 3.63) is 47.1 Å². The van der Waals surface area contributed by atoms with E-state index in [9.17, 15) is 0 Å². The summed E-state index contributed by atoms with van der Waals surface area (Å²) in [5.74, 6) is 1.88. The number of hydrogen-bond donors (Lipinski definition) is 1. The lowest BCUT2D eigenvalue weighted by Gasteiger charge is -2.22. The van der Waals surface area contributed by atoms with Crippen molar-refractivity contribution in [3.63, 3.8) is 0 Å². The predicted octanol–water partition coefficient (Wildman–Crippen LogP) is 2.80. The molecular weight excluding hydrogens is 250 g/mol. The maximum absolute atomic E-state index is 5.44. The topological polar surface area (TPSA) is 51.0 Å². The number of aryl methyl sites for hydroxylation is 1. The Morgan fingerprint density at radius 2 is 2.00 bits per heavy atom. The number of nitrogens with zero attached hydrogens (tertiary/aromatic N) is 2. The van der Waals surface area contributed by atoms with Crippen LogP contribution in [-0.4, -0.2) is 17.2 Å². The average Bonchev–Trinajstić information content (AvgIpc) is 2.97. The SMILES string of the molecule is CNC(C)(C)c1nc(C2CCc3ccccc3C2)no1. The van der Waals surface area contributed by atoms with Gasteiger partial charge in [-0.3, -0.25) is 0 Å². The highest BCUT2D eigenvalue weighted by Crippen LogP contribution is 2.32. The first kappa shape index (κ1) is 13.3. The van der Waals surface area contributed by atoms with Crippen molar-refractivity contribution < 1.29 is 4.52 Å². The van der Waals surface area contributed by atoms with Gasteiger partial charge >= 0.3 is 0 Å². The summed E-state index contributed by atoms with van der Waals surface area (Å²) in [6.45, 7) is 4.08. The summed E-state index contributed by atoms with van der Waals surface area (Å²) >= 11 is 0. The van der Waals surface area contributed by atoms with E-state index < -0.39 is 0 Å². The van der Waals surface area contributed by atoms with Gasteiger partial charge in [0.05, 0.1) is 5.54 Å². The quantitative estimate of drug-likeness (QED) is 0.932. The van der Waals surface area contributed by atoms with Gasteiger partial charge in [0, 0.05) is 5.92 Å². The van der Waals surface area contributed by atoms with Crippen LogP contribution in [0.25, 0.3) is 0 Å². The zero-order valence-electron chi connectivity index (χ0n) is 12.3. The first-order valence-corrected chi connectivity index (χ1v) is 7.20. The van der Waals surface area contributed by atoms with E-state index >= 15 is 0 Å². The highest BCUT2D eigenvalue weighted by molar-refractivity contribution is 5.31. The molecule has 0 amide bonds. The number of hydrogen-bond acceptors (Lipinski definition) is 4. The zero-order valence-corrected chi connectivity index (χ0v) is 12.3. The average molecular weight is 271 g/mol. The fraction of sp³-hybridized carbons (Fsp3) is 0.500. The summed E-state index contributed by atoms with van der Waals surface area (Å²) < 4.78 is 5.44. The summed E-state index contributed by atoms with van der Waals surface area (Å²) in [5.41, 5.74) is 2.60. The van der Waals surface area contributed by atoms with Crippen LogP contribution in [0.15, 0.2) is 28.8 Å². The minimum absolute atomic E-state index is 0.280. The molecular formula is C16H21N3O. The second kappa shape index (κ2) is 5.02. The van der Waals surface area contributed by atoms with E-state index in [1.165, 1.54) is 11.1 Å². The van der Waals surface area contributed by atoms with Crippen molar-refractivity contribution in [2.45, 2.75) is 44.6 Å². The van der Waals surface area contributed by atoms with E-state index in [1.807, 2.05) is 20.9 Å². The zero-order chi connectivity index (χ0) is 14.2. The van der Waals surface area contributed by atoms with Crippen molar-refractivity contribution >= 4 is 0 Å². The van der Waals surface area contributed by atoms with Crippen molar-refractivity contribution in [3.8, 4) is 0 Å². The van der Waals surface area contributed by atoms with Crippen LogP contribution < -0.4 is 5.32 Å². The normalized spacial score (nSPS) is 18.9. The third-order valence-corrected chi connectivity index (χ3v) is 4.31. The molecule has 0 saturated heterocycles. The number of fused-ring (bicyclic) bond motifs is 1. The fourth-order valence-electron chi connectivity index (χ4n) is 2.68.